The van der Waals surface area contributed by atoms with E-state index in [1.165, 1.54) is 16.7 Å². The SMILES string of the molecule is COc1nn(C)cc1C(=O)N(C)CC(=O)Nc1ccc(N2CCOCC2)cc1. The highest BCUT2D eigenvalue weighted by Crippen LogP contribution is 2.19. The highest BCUT2D eigenvalue weighted by Gasteiger charge is 2.21. The molecule has 9 heteroatoms. The van der Waals surface area contributed by atoms with Gasteiger partial charge in [0.25, 0.3) is 5.91 Å². The maximum atomic E-state index is 12.5. The number of hydrogen-bond donors (Lipinski definition) is 1. The van der Waals surface area contributed by atoms with Gasteiger partial charge in [-0.15, -0.1) is 5.10 Å². The Labute approximate surface area is 163 Å². The summed E-state index contributed by atoms with van der Waals surface area (Å²) in [4.78, 5) is 28.4. The quantitative estimate of drug-likeness (QED) is 0.795. The molecule has 0 atom stereocenters. The third kappa shape index (κ3) is 4.61. The summed E-state index contributed by atoms with van der Waals surface area (Å²) >= 11 is 0. The molecule has 1 saturated heterocycles. The molecule has 2 heterocycles. The van der Waals surface area contributed by atoms with Crippen molar-refractivity contribution in [1.82, 2.24) is 14.7 Å². The molecule has 0 bridgehead atoms. The molecule has 0 radical (unpaired) electrons. The first kappa shape index (κ1) is 19.7. The van der Waals surface area contributed by atoms with Gasteiger partial charge in [0.1, 0.15) is 5.56 Å². The number of nitrogens with one attached hydrogen (secondary N) is 1. The summed E-state index contributed by atoms with van der Waals surface area (Å²) in [5.41, 5.74) is 2.09. The van der Waals surface area contributed by atoms with Crippen molar-refractivity contribution in [3.8, 4) is 5.88 Å². The number of hydrogen-bond acceptors (Lipinski definition) is 6. The molecular weight excluding hydrogens is 362 g/mol. The van der Waals surface area contributed by atoms with Gasteiger partial charge in [0.2, 0.25) is 11.8 Å². The van der Waals surface area contributed by atoms with Crippen molar-refractivity contribution in [3.63, 3.8) is 0 Å². The van der Waals surface area contributed by atoms with Crippen molar-refractivity contribution in [2.24, 2.45) is 7.05 Å². The Morgan fingerprint density at radius 1 is 1.25 bits per heavy atom. The van der Waals surface area contributed by atoms with Gasteiger partial charge in [0, 0.05) is 44.8 Å². The molecule has 1 aromatic carbocycles. The van der Waals surface area contributed by atoms with E-state index in [4.69, 9.17) is 9.47 Å². The third-order valence-electron chi connectivity index (χ3n) is 4.47. The average molecular weight is 387 g/mol. The molecule has 1 N–H and O–H groups in total. The summed E-state index contributed by atoms with van der Waals surface area (Å²) < 4.78 is 12.0. The molecule has 0 spiro atoms. The molecule has 1 fully saturated rings. The van der Waals surface area contributed by atoms with Gasteiger partial charge in [-0.2, -0.15) is 0 Å². The number of carbonyl (C=O) groups is 2. The van der Waals surface area contributed by atoms with Crippen LogP contribution in [0, 0.1) is 0 Å². The Morgan fingerprint density at radius 2 is 1.93 bits per heavy atom. The van der Waals surface area contributed by atoms with Crippen molar-refractivity contribution < 1.29 is 19.1 Å². The second-order valence-corrected chi connectivity index (χ2v) is 6.58. The Bertz CT molecular complexity index is 827. The number of nitrogens with zero attached hydrogens (tertiary/aromatic N) is 4. The molecule has 2 amide bonds. The highest BCUT2D eigenvalue weighted by molar-refractivity contribution is 6.00. The number of rotatable bonds is 6. The number of likely N-dealkylation sites (N-methyl/N-ethyl adjacent to an activating group) is 1. The Kier molecular flexibility index (Phi) is 6.15. The molecule has 150 valence electrons. The van der Waals surface area contributed by atoms with E-state index in [0.717, 1.165) is 32.0 Å². The van der Waals surface area contributed by atoms with Crippen molar-refractivity contribution in [2.45, 2.75) is 0 Å². The number of benzene rings is 1. The van der Waals surface area contributed by atoms with Crippen molar-refractivity contribution in [3.05, 3.63) is 36.0 Å². The van der Waals surface area contributed by atoms with E-state index < -0.39 is 0 Å². The number of anilines is 2. The fourth-order valence-corrected chi connectivity index (χ4v) is 3.04. The molecular formula is C19H25N5O4. The van der Waals surface area contributed by atoms with Gasteiger partial charge >= 0.3 is 0 Å². The van der Waals surface area contributed by atoms with Gasteiger partial charge in [-0.25, -0.2) is 0 Å². The zero-order chi connectivity index (χ0) is 20.1. The maximum Gasteiger partial charge on any atom is 0.261 e. The predicted octanol–water partition coefficient (Wildman–Crippen LogP) is 0.976. The average Bonchev–Trinajstić information content (AvgIpc) is 3.09. The van der Waals surface area contributed by atoms with Crippen LogP contribution in [0.15, 0.2) is 30.5 Å². The minimum atomic E-state index is -0.331. The molecule has 0 saturated carbocycles. The van der Waals surface area contributed by atoms with Crippen LogP contribution < -0.4 is 15.0 Å². The molecule has 2 aromatic rings. The monoisotopic (exact) mass is 387 g/mol. The van der Waals surface area contributed by atoms with Gasteiger partial charge in [-0.1, -0.05) is 0 Å². The predicted molar refractivity (Wildman–Crippen MR) is 105 cm³/mol. The Balaban J connectivity index is 1.56. The lowest BCUT2D eigenvalue weighted by Gasteiger charge is -2.28. The van der Waals surface area contributed by atoms with E-state index in [1.54, 1.807) is 20.3 Å². The highest BCUT2D eigenvalue weighted by atomic mass is 16.5. The lowest BCUT2D eigenvalue weighted by Crippen LogP contribution is -2.36. The minimum absolute atomic E-state index is 0.0813. The van der Waals surface area contributed by atoms with Gasteiger partial charge in [0.05, 0.1) is 26.9 Å². The number of morpholine rings is 1. The lowest BCUT2D eigenvalue weighted by atomic mass is 10.2. The van der Waals surface area contributed by atoms with E-state index >= 15 is 0 Å². The largest absolute Gasteiger partial charge is 0.479 e. The normalized spacial score (nSPS) is 13.9. The Morgan fingerprint density at radius 3 is 2.57 bits per heavy atom. The number of aryl methyl sites for hydroxylation is 1. The second-order valence-electron chi connectivity index (χ2n) is 6.58. The molecule has 0 unspecified atom stereocenters. The molecule has 1 aromatic heterocycles. The fourth-order valence-electron chi connectivity index (χ4n) is 3.04. The summed E-state index contributed by atoms with van der Waals surface area (Å²) in [5.74, 6) is -0.376. The van der Waals surface area contributed by atoms with Crippen LogP contribution in [0.5, 0.6) is 5.88 Å². The first-order valence-corrected chi connectivity index (χ1v) is 9.03. The van der Waals surface area contributed by atoms with Gasteiger partial charge in [-0.05, 0) is 24.3 Å². The van der Waals surface area contributed by atoms with E-state index in [-0.39, 0.29) is 24.2 Å². The van der Waals surface area contributed by atoms with Crippen LogP contribution in [0.3, 0.4) is 0 Å². The zero-order valence-electron chi connectivity index (χ0n) is 16.3. The molecule has 0 aliphatic carbocycles. The topological polar surface area (TPSA) is 88.9 Å². The Hall–Kier alpha value is -3.07. The van der Waals surface area contributed by atoms with Crippen LogP contribution in [-0.4, -0.2) is 73.5 Å². The van der Waals surface area contributed by atoms with Crippen LogP contribution in [0.1, 0.15) is 10.4 Å². The minimum Gasteiger partial charge on any atom is -0.479 e. The van der Waals surface area contributed by atoms with Crippen LogP contribution >= 0.6 is 0 Å². The van der Waals surface area contributed by atoms with E-state index in [1.807, 2.05) is 24.3 Å². The van der Waals surface area contributed by atoms with Gasteiger partial charge in [0.15, 0.2) is 0 Å². The number of aromatic nitrogens is 2. The zero-order valence-corrected chi connectivity index (χ0v) is 16.3. The number of amides is 2. The van der Waals surface area contributed by atoms with Crippen molar-refractivity contribution >= 4 is 23.2 Å². The van der Waals surface area contributed by atoms with Crippen LogP contribution in [0.4, 0.5) is 11.4 Å². The lowest BCUT2D eigenvalue weighted by molar-refractivity contribution is -0.116. The van der Waals surface area contributed by atoms with Gasteiger partial charge in [-0.3, -0.25) is 14.3 Å². The number of methoxy groups -OCH3 is 1. The summed E-state index contributed by atoms with van der Waals surface area (Å²) in [6.07, 6.45) is 1.57. The summed E-state index contributed by atoms with van der Waals surface area (Å²) in [5, 5.41) is 6.88. The van der Waals surface area contributed by atoms with Crippen LogP contribution in [0.2, 0.25) is 0 Å². The maximum absolute atomic E-state index is 12.5. The summed E-state index contributed by atoms with van der Waals surface area (Å²) in [6, 6.07) is 7.65. The summed E-state index contributed by atoms with van der Waals surface area (Å²) in [6.45, 7) is 3.08. The van der Waals surface area contributed by atoms with Crippen LogP contribution in [0.25, 0.3) is 0 Å². The smallest absolute Gasteiger partial charge is 0.261 e. The van der Waals surface area contributed by atoms with Crippen molar-refractivity contribution in [2.75, 3.05) is 57.2 Å². The second kappa shape index (κ2) is 8.75. The van der Waals surface area contributed by atoms with Crippen molar-refractivity contribution in [1.29, 1.82) is 0 Å². The van der Waals surface area contributed by atoms with Crippen LogP contribution in [-0.2, 0) is 16.6 Å². The van der Waals surface area contributed by atoms with E-state index in [2.05, 4.69) is 15.3 Å². The summed E-state index contributed by atoms with van der Waals surface area (Å²) in [7, 11) is 4.72. The number of carbonyl (C=O) groups excluding carboxylic acids is 2. The first-order chi connectivity index (χ1) is 13.5. The standard InChI is InChI=1S/C19H25N5O4/c1-22(19(26)16-12-23(2)21-18(16)27-3)13-17(25)20-14-4-6-15(7-5-14)24-8-10-28-11-9-24/h4-7,12H,8-11,13H2,1-3H3,(H,20,25). The van der Waals surface area contributed by atoms with E-state index in [0.29, 0.717) is 11.3 Å². The molecule has 28 heavy (non-hydrogen) atoms. The van der Waals surface area contributed by atoms with Gasteiger partial charge < -0.3 is 24.6 Å². The van der Waals surface area contributed by atoms with E-state index in [9.17, 15) is 9.59 Å². The molecule has 1 aliphatic heterocycles. The molecule has 9 nitrogen and oxygen atoms in total. The third-order valence-corrected chi connectivity index (χ3v) is 4.47. The molecule has 1 aliphatic rings. The molecule has 3 rings (SSSR count). The fraction of sp³-hybridized carbons (Fsp3) is 0.421. The number of ether oxygens (including phenoxy) is 2. The first-order valence-electron chi connectivity index (χ1n) is 9.03.